The lowest BCUT2D eigenvalue weighted by Crippen LogP contribution is -1.92. The lowest BCUT2D eigenvalue weighted by molar-refractivity contribution is 0.478. The van der Waals surface area contributed by atoms with Crippen LogP contribution in [0.5, 0.6) is 5.75 Å². The monoisotopic (exact) mass is 249 g/mol. The number of aryl methyl sites for hydroxylation is 1. The second-order valence-corrected chi connectivity index (χ2v) is 4.67. The third-order valence-corrected chi connectivity index (χ3v) is 3.23. The summed E-state index contributed by atoms with van der Waals surface area (Å²) >= 11 is 0. The highest BCUT2D eigenvalue weighted by Crippen LogP contribution is 2.34. The predicted octanol–water partition coefficient (Wildman–Crippen LogP) is 4.60. The molecule has 3 rings (SSSR count). The maximum absolute atomic E-state index is 10.1. The van der Waals surface area contributed by atoms with Crippen LogP contribution in [0.15, 0.2) is 60.7 Å². The van der Waals surface area contributed by atoms with Gasteiger partial charge in [0.2, 0.25) is 0 Å². The molecule has 3 aromatic rings. The summed E-state index contributed by atoms with van der Waals surface area (Å²) in [7, 11) is 0. The van der Waals surface area contributed by atoms with E-state index >= 15 is 0 Å². The van der Waals surface area contributed by atoms with E-state index in [4.69, 9.17) is 0 Å². The fraction of sp³-hybridized carbons (Fsp3) is 0.0588. The first-order valence-electron chi connectivity index (χ1n) is 6.28. The molecule has 2 heteroatoms. The molecule has 0 saturated heterocycles. The first-order valence-corrected chi connectivity index (χ1v) is 6.28. The first kappa shape index (κ1) is 11.6. The van der Waals surface area contributed by atoms with Crippen LogP contribution in [-0.2, 0) is 0 Å². The lowest BCUT2D eigenvalue weighted by Gasteiger charge is -2.12. The summed E-state index contributed by atoms with van der Waals surface area (Å²) in [6.07, 6.45) is 0. The van der Waals surface area contributed by atoms with E-state index in [2.05, 4.69) is 12.2 Å². The summed E-state index contributed by atoms with van der Waals surface area (Å²) in [5.41, 5.74) is 2.94. The van der Waals surface area contributed by atoms with Crippen molar-refractivity contribution in [3.8, 4) is 5.75 Å². The van der Waals surface area contributed by atoms with Crippen molar-refractivity contribution in [2.24, 2.45) is 0 Å². The minimum absolute atomic E-state index is 0.263. The second-order valence-electron chi connectivity index (χ2n) is 4.67. The molecule has 2 nitrogen and oxygen atoms in total. The number of phenols is 1. The van der Waals surface area contributed by atoms with Gasteiger partial charge in [0.15, 0.2) is 0 Å². The maximum atomic E-state index is 10.1. The van der Waals surface area contributed by atoms with Gasteiger partial charge in [0, 0.05) is 11.1 Å². The molecule has 0 fully saturated rings. The molecule has 0 aliphatic carbocycles. The summed E-state index contributed by atoms with van der Waals surface area (Å²) < 4.78 is 0. The standard InChI is InChI=1S/C17H15NO/c1-12-6-9-14(10-7-12)18-17-15-5-3-2-4-13(15)8-11-16(17)19/h2-11,18-19H,1H3. The molecule has 0 amide bonds. The molecule has 0 saturated carbocycles. The van der Waals surface area contributed by atoms with Crippen molar-refractivity contribution in [3.05, 3.63) is 66.2 Å². The van der Waals surface area contributed by atoms with Gasteiger partial charge in [-0.2, -0.15) is 0 Å². The smallest absolute Gasteiger partial charge is 0.139 e. The molecule has 2 N–H and O–H groups in total. The van der Waals surface area contributed by atoms with Crippen molar-refractivity contribution < 1.29 is 5.11 Å². The van der Waals surface area contributed by atoms with Crippen LogP contribution in [0.3, 0.4) is 0 Å². The number of anilines is 2. The van der Waals surface area contributed by atoms with Crippen LogP contribution in [0.1, 0.15) is 5.56 Å². The molecule has 0 spiro atoms. The molecule has 0 aromatic heterocycles. The lowest BCUT2D eigenvalue weighted by atomic mass is 10.1. The molecule has 0 atom stereocenters. The Bertz CT molecular complexity index is 717. The number of benzene rings is 3. The van der Waals surface area contributed by atoms with Gasteiger partial charge in [-0.3, -0.25) is 0 Å². The van der Waals surface area contributed by atoms with E-state index in [1.807, 2.05) is 54.6 Å². The van der Waals surface area contributed by atoms with Gasteiger partial charge in [-0.1, -0.05) is 48.0 Å². The van der Waals surface area contributed by atoms with Crippen LogP contribution in [0.4, 0.5) is 11.4 Å². The van der Waals surface area contributed by atoms with Gasteiger partial charge in [-0.05, 0) is 30.5 Å². The SMILES string of the molecule is Cc1ccc(Nc2c(O)ccc3ccccc23)cc1. The van der Waals surface area contributed by atoms with Gasteiger partial charge < -0.3 is 10.4 Å². The van der Waals surface area contributed by atoms with Crippen molar-refractivity contribution in [1.82, 2.24) is 0 Å². The minimum Gasteiger partial charge on any atom is -0.506 e. The second kappa shape index (κ2) is 4.65. The first-order chi connectivity index (χ1) is 9.24. The summed E-state index contributed by atoms with van der Waals surface area (Å²) in [6.45, 7) is 2.05. The highest BCUT2D eigenvalue weighted by molar-refractivity contribution is 5.98. The molecular formula is C17H15NO. The minimum atomic E-state index is 0.263. The van der Waals surface area contributed by atoms with E-state index in [-0.39, 0.29) is 5.75 Å². The van der Waals surface area contributed by atoms with Crippen molar-refractivity contribution in [2.75, 3.05) is 5.32 Å². The average Bonchev–Trinajstić information content (AvgIpc) is 2.44. The highest BCUT2D eigenvalue weighted by Gasteiger charge is 2.06. The summed E-state index contributed by atoms with van der Waals surface area (Å²) in [5.74, 6) is 0.263. The molecule has 0 unspecified atom stereocenters. The van der Waals surface area contributed by atoms with Crippen LogP contribution < -0.4 is 5.32 Å². The van der Waals surface area contributed by atoms with E-state index < -0.39 is 0 Å². The summed E-state index contributed by atoms with van der Waals surface area (Å²) in [4.78, 5) is 0. The Labute approximate surface area is 112 Å². The molecule has 0 bridgehead atoms. The van der Waals surface area contributed by atoms with E-state index in [1.165, 1.54) is 5.56 Å². The molecule has 0 aliphatic heterocycles. The van der Waals surface area contributed by atoms with Gasteiger partial charge in [-0.25, -0.2) is 0 Å². The van der Waals surface area contributed by atoms with Crippen molar-refractivity contribution in [3.63, 3.8) is 0 Å². The number of hydrogen-bond donors (Lipinski definition) is 2. The molecule has 0 radical (unpaired) electrons. The molecule has 94 valence electrons. The quantitative estimate of drug-likeness (QED) is 0.651. The summed E-state index contributed by atoms with van der Waals surface area (Å²) in [5, 5.41) is 15.5. The molecule has 19 heavy (non-hydrogen) atoms. The Kier molecular flexibility index (Phi) is 2.84. The Balaban J connectivity index is 2.09. The molecular weight excluding hydrogens is 234 g/mol. The van der Waals surface area contributed by atoms with Crippen LogP contribution in [-0.4, -0.2) is 5.11 Å². The van der Waals surface area contributed by atoms with Crippen LogP contribution in [0.2, 0.25) is 0 Å². The Morgan fingerprint density at radius 3 is 2.37 bits per heavy atom. The van der Waals surface area contributed by atoms with Crippen molar-refractivity contribution >= 4 is 22.1 Å². The predicted molar refractivity (Wildman–Crippen MR) is 80.1 cm³/mol. The number of phenolic OH excluding ortho intramolecular Hbond substituents is 1. The number of fused-ring (bicyclic) bond motifs is 1. The fourth-order valence-corrected chi connectivity index (χ4v) is 2.17. The van der Waals surface area contributed by atoms with E-state index in [9.17, 15) is 5.11 Å². The van der Waals surface area contributed by atoms with Gasteiger partial charge in [0.05, 0.1) is 5.69 Å². The Morgan fingerprint density at radius 2 is 1.58 bits per heavy atom. The number of rotatable bonds is 2. The van der Waals surface area contributed by atoms with Gasteiger partial charge in [0.1, 0.15) is 5.75 Å². The fourth-order valence-electron chi connectivity index (χ4n) is 2.17. The van der Waals surface area contributed by atoms with Gasteiger partial charge >= 0.3 is 0 Å². The zero-order valence-corrected chi connectivity index (χ0v) is 10.7. The number of nitrogens with one attached hydrogen (secondary N) is 1. The van der Waals surface area contributed by atoms with Crippen LogP contribution in [0, 0.1) is 6.92 Å². The zero-order chi connectivity index (χ0) is 13.2. The van der Waals surface area contributed by atoms with E-state index in [0.717, 1.165) is 22.1 Å². The highest BCUT2D eigenvalue weighted by atomic mass is 16.3. The topological polar surface area (TPSA) is 32.3 Å². The molecule has 3 aromatic carbocycles. The largest absolute Gasteiger partial charge is 0.506 e. The number of aromatic hydroxyl groups is 1. The third kappa shape index (κ3) is 2.25. The van der Waals surface area contributed by atoms with E-state index in [1.54, 1.807) is 6.07 Å². The maximum Gasteiger partial charge on any atom is 0.139 e. The average molecular weight is 249 g/mol. The van der Waals surface area contributed by atoms with Crippen LogP contribution in [0.25, 0.3) is 10.8 Å². The van der Waals surface area contributed by atoms with Crippen molar-refractivity contribution in [2.45, 2.75) is 6.92 Å². The Morgan fingerprint density at radius 1 is 0.842 bits per heavy atom. The molecule has 0 aliphatic rings. The zero-order valence-electron chi connectivity index (χ0n) is 10.7. The summed E-state index contributed by atoms with van der Waals surface area (Å²) in [6, 6.07) is 19.8. The van der Waals surface area contributed by atoms with E-state index in [0.29, 0.717) is 0 Å². The van der Waals surface area contributed by atoms with Crippen molar-refractivity contribution in [1.29, 1.82) is 0 Å². The third-order valence-electron chi connectivity index (χ3n) is 3.23. The normalized spacial score (nSPS) is 10.6. The number of hydrogen-bond acceptors (Lipinski definition) is 2. The van der Waals surface area contributed by atoms with Gasteiger partial charge in [-0.15, -0.1) is 0 Å². The van der Waals surface area contributed by atoms with Crippen LogP contribution >= 0.6 is 0 Å². The molecule has 0 heterocycles. The van der Waals surface area contributed by atoms with Gasteiger partial charge in [0.25, 0.3) is 0 Å². The Hall–Kier alpha value is -2.48.